The molecule has 4 rings (SSSR count). The van der Waals surface area contributed by atoms with Crippen molar-refractivity contribution < 1.29 is 4.79 Å². The van der Waals surface area contributed by atoms with Gasteiger partial charge in [0.1, 0.15) is 5.82 Å². The van der Waals surface area contributed by atoms with Crippen LogP contribution >= 0.6 is 11.8 Å². The minimum atomic E-state index is 0.0829. The Morgan fingerprint density at radius 1 is 1.37 bits per heavy atom. The lowest BCUT2D eigenvalue weighted by Gasteiger charge is -2.11. The van der Waals surface area contributed by atoms with E-state index >= 15 is 0 Å². The van der Waals surface area contributed by atoms with Crippen LogP contribution in [0.15, 0.2) is 40.5 Å². The van der Waals surface area contributed by atoms with Gasteiger partial charge in [-0.15, -0.1) is 10.2 Å². The third-order valence-electron chi connectivity index (χ3n) is 4.41. The van der Waals surface area contributed by atoms with Crippen molar-refractivity contribution in [3.05, 3.63) is 36.1 Å². The average Bonchev–Trinajstić information content (AvgIpc) is 3.35. The molecular weight excluding hydrogens is 402 g/mol. The fourth-order valence-corrected chi connectivity index (χ4v) is 3.66. The molecular formula is C19H23N9OS. The van der Waals surface area contributed by atoms with Gasteiger partial charge in [0.2, 0.25) is 11.1 Å². The molecule has 30 heavy (non-hydrogen) atoms. The summed E-state index contributed by atoms with van der Waals surface area (Å²) >= 11 is 1.41. The third-order valence-corrected chi connectivity index (χ3v) is 5.25. The maximum absolute atomic E-state index is 11.8. The van der Waals surface area contributed by atoms with Crippen molar-refractivity contribution in [2.45, 2.75) is 38.8 Å². The van der Waals surface area contributed by atoms with Gasteiger partial charge in [-0.05, 0) is 57.5 Å². The second kappa shape index (κ2) is 8.27. The van der Waals surface area contributed by atoms with Crippen LogP contribution in [0.5, 0.6) is 0 Å². The fraction of sp³-hybridized carbons (Fsp3) is 0.368. The number of nitrogens with zero attached hydrogens (tertiary/aromatic N) is 7. The van der Waals surface area contributed by atoms with E-state index in [1.165, 1.54) is 11.8 Å². The second-order valence-corrected chi connectivity index (χ2v) is 8.40. The number of allylic oxidation sites excluding steroid dienone is 1. The van der Waals surface area contributed by atoms with E-state index < -0.39 is 0 Å². The number of H-pyrrole nitrogens is 1. The second-order valence-electron chi connectivity index (χ2n) is 7.24. The highest BCUT2D eigenvalue weighted by Crippen LogP contribution is 2.29. The standard InChI is InChI=1S/C19H23N9OS/c1-11(20-18(29)14-5-6-14)9-27(4)26-13(3)30-19-25-23-16-8-7-15(10-28(16)19)17-21-12(2)22-24-17/h7-10,14H,5-6H2,1-4H3,(H,20,29)(H,21,22,24)/b11-9+,26-13+. The molecule has 0 unspecified atom stereocenters. The average molecular weight is 426 g/mol. The zero-order valence-electron chi connectivity index (χ0n) is 17.2. The van der Waals surface area contributed by atoms with Crippen LogP contribution in [0, 0.1) is 12.8 Å². The van der Waals surface area contributed by atoms with Gasteiger partial charge in [-0.3, -0.25) is 19.3 Å². The lowest BCUT2D eigenvalue weighted by Crippen LogP contribution is -2.24. The maximum Gasteiger partial charge on any atom is 0.227 e. The molecule has 1 saturated carbocycles. The molecule has 1 aliphatic rings. The number of thioether (sulfide) groups is 1. The predicted octanol–water partition coefficient (Wildman–Crippen LogP) is 2.57. The number of aryl methyl sites for hydroxylation is 1. The first-order valence-electron chi connectivity index (χ1n) is 9.58. The van der Waals surface area contributed by atoms with Crippen LogP contribution in [0.4, 0.5) is 0 Å². The van der Waals surface area contributed by atoms with Gasteiger partial charge in [-0.25, -0.2) is 4.98 Å². The van der Waals surface area contributed by atoms with E-state index in [0.717, 1.165) is 40.6 Å². The number of fused-ring (bicyclic) bond motifs is 1. The highest BCUT2D eigenvalue weighted by atomic mass is 32.2. The Kier molecular flexibility index (Phi) is 5.53. The van der Waals surface area contributed by atoms with Crippen LogP contribution in [0.3, 0.4) is 0 Å². The molecule has 3 heterocycles. The minimum absolute atomic E-state index is 0.0829. The molecule has 1 amide bonds. The minimum Gasteiger partial charge on any atom is -0.328 e. The zero-order chi connectivity index (χ0) is 21.3. The molecule has 156 valence electrons. The van der Waals surface area contributed by atoms with Crippen molar-refractivity contribution >= 4 is 28.4 Å². The third kappa shape index (κ3) is 4.67. The van der Waals surface area contributed by atoms with E-state index in [9.17, 15) is 4.79 Å². The summed E-state index contributed by atoms with van der Waals surface area (Å²) in [6.07, 6.45) is 5.66. The molecule has 1 aliphatic carbocycles. The van der Waals surface area contributed by atoms with E-state index in [1.54, 1.807) is 11.2 Å². The van der Waals surface area contributed by atoms with Crippen molar-refractivity contribution in [1.82, 2.24) is 40.1 Å². The number of carbonyl (C=O) groups is 1. The smallest absolute Gasteiger partial charge is 0.227 e. The van der Waals surface area contributed by atoms with E-state index in [-0.39, 0.29) is 11.8 Å². The number of nitrogens with one attached hydrogen (secondary N) is 2. The van der Waals surface area contributed by atoms with Crippen molar-refractivity contribution in [2.24, 2.45) is 11.0 Å². The summed E-state index contributed by atoms with van der Waals surface area (Å²) in [7, 11) is 1.82. The van der Waals surface area contributed by atoms with Crippen molar-refractivity contribution in [3.63, 3.8) is 0 Å². The quantitative estimate of drug-likeness (QED) is 0.270. The fourth-order valence-electron chi connectivity index (χ4n) is 2.90. The maximum atomic E-state index is 11.8. The Hall–Kier alpha value is -3.21. The van der Waals surface area contributed by atoms with Gasteiger partial charge in [0.05, 0.1) is 5.04 Å². The first-order chi connectivity index (χ1) is 14.4. The summed E-state index contributed by atoms with van der Waals surface area (Å²) in [5.41, 5.74) is 2.36. The summed E-state index contributed by atoms with van der Waals surface area (Å²) in [6.45, 7) is 5.61. The Morgan fingerprint density at radius 2 is 2.17 bits per heavy atom. The van der Waals surface area contributed by atoms with E-state index in [4.69, 9.17) is 0 Å². The number of amides is 1. The molecule has 0 radical (unpaired) electrons. The Bertz CT molecular complexity index is 1140. The Balaban J connectivity index is 1.47. The summed E-state index contributed by atoms with van der Waals surface area (Å²) in [4.78, 5) is 16.2. The van der Waals surface area contributed by atoms with Crippen LogP contribution < -0.4 is 5.32 Å². The molecule has 2 N–H and O–H groups in total. The molecule has 3 aromatic heterocycles. The molecule has 0 saturated heterocycles. The molecule has 11 heteroatoms. The lowest BCUT2D eigenvalue weighted by molar-refractivity contribution is -0.121. The van der Waals surface area contributed by atoms with E-state index in [1.807, 2.05) is 50.5 Å². The molecule has 10 nitrogen and oxygen atoms in total. The first-order valence-corrected chi connectivity index (χ1v) is 10.4. The molecule has 0 spiro atoms. The Labute approximate surface area is 177 Å². The van der Waals surface area contributed by atoms with Gasteiger partial charge >= 0.3 is 0 Å². The van der Waals surface area contributed by atoms with E-state index in [2.05, 4.69) is 35.8 Å². The number of aromatic nitrogens is 6. The molecule has 0 aromatic carbocycles. The highest BCUT2D eigenvalue weighted by Gasteiger charge is 2.29. The number of hydrazone groups is 1. The van der Waals surface area contributed by atoms with Crippen LogP contribution in [0.25, 0.3) is 17.0 Å². The largest absolute Gasteiger partial charge is 0.328 e. The number of carbonyl (C=O) groups excluding carboxylic acids is 1. The van der Waals surface area contributed by atoms with Gasteiger partial charge in [-0.2, -0.15) is 10.2 Å². The molecule has 0 bridgehead atoms. The lowest BCUT2D eigenvalue weighted by atomic mass is 10.3. The van der Waals surface area contributed by atoms with Crippen LogP contribution in [0.1, 0.15) is 32.5 Å². The number of rotatable bonds is 6. The van der Waals surface area contributed by atoms with Crippen molar-refractivity contribution in [1.29, 1.82) is 0 Å². The van der Waals surface area contributed by atoms with Gasteiger partial charge in [0.25, 0.3) is 0 Å². The van der Waals surface area contributed by atoms with Crippen molar-refractivity contribution in [2.75, 3.05) is 7.05 Å². The van der Waals surface area contributed by atoms with Crippen LogP contribution in [-0.2, 0) is 4.79 Å². The normalized spacial score (nSPS) is 14.9. The topological polar surface area (TPSA) is 116 Å². The first kappa shape index (κ1) is 20.1. The number of aromatic amines is 1. The number of pyridine rings is 1. The SMILES string of the molecule is C/C(=C\N(C)/N=C(\C)Sc1nnc2ccc(-c3n[nH]c(C)n3)cn12)NC(=O)C1CC1. The van der Waals surface area contributed by atoms with Gasteiger partial charge in [0.15, 0.2) is 11.5 Å². The highest BCUT2D eigenvalue weighted by molar-refractivity contribution is 8.13. The molecule has 0 atom stereocenters. The van der Waals surface area contributed by atoms with Crippen molar-refractivity contribution in [3.8, 4) is 11.4 Å². The monoisotopic (exact) mass is 425 g/mol. The van der Waals surface area contributed by atoms with E-state index in [0.29, 0.717) is 11.0 Å². The van der Waals surface area contributed by atoms with Crippen LogP contribution in [0.2, 0.25) is 0 Å². The van der Waals surface area contributed by atoms with Gasteiger partial charge in [0, 0.05) is 36.6 Å². The zero-order valence-corrected chi connectivity index (χ0v) is 18.1. The molecule has 0 aliphatic heterocycles. The van der Waals surface area contributed by atoms with Gasteiger partial charge in [-0.1, -0.05) is 0 Å². The summed E-state index contributed by atoms with van der Waals surface area (Å²) in [5, 5.41) is 26.1. The summed E-state index contributed by atoms with van der Waals surface area (Å²) < 4.78 is 1.89. The summed E-state index contributed by atoms with van der Waals surface area (Å²) in [5.74, 6) is 1.63. The van der Waals surface area contributed by atoms with Gasteiger partial charge < -0.3 is 5.32 Å². The predicted molar refractivity (Wildman–Crippen MR) is 114 cm³/mol. The number of hydrogen-bond acceptors (Lipinski definition) is 8. The summed E-state index contributed by atoms with van der Waals surface area (Å²) in [6, 6.07) is 3.80. The molecule has 3 aromatic rings. The number of hydrogen-bond donors (Lipinski definition) is 2. The van der Waals surface area contributed by atoms with Crippen LogP contribution in [-0.4, -0.2) is 52.8 Å². The molecule has 1 fully saturated rings. The Morgan fingerprint density at radius 3 is 2.87 bits per heavy atom.